The van der Waals surface area contributed by atoms with Crippen LogP contribution in [-0.4, -0.2) is 43.5 Å². The molecule has 1 saturated carbocycles. The van der Waals surface area contributed by atoms with E-state index in [2.05, 4.69) is 5.32 Å². The highest BCUT2D eigenvalue weighted by Crippen LogP contribution is 2.16. The zero-order valence-electron chi connectivity index (χ0n) is 10.3. The van der Waals surface area contributed by atoms with Crippen LogP contribution in [0.1, 0.15) is 25.7 Å². The molecule has 0 aliphatic heterocycles. The maximum absolute atomic E-state index is 11.5. The highest BCUT2D eigenvalue weighted by Gasteiger charge is 2.18. The van der Waals surface area contributed by atoms with Crippen LogP contribution in [0.5, 0.6) is 0 Å². The maximum atomic E-state index is 11.5. The number of hydrogen-bond acceptors (Lipinski definition) is 3. The largest absolute Gasteiger partial charge is 0.350 e. The molecular weight excluding hydrogens is 202 g/mol. The maximum Gasteiger partial charge on any atom is 0.243 e. The summed E-state index contributed by atoms with van der Waals surface area (Å²) in [6, 6.07) is 0.647. The Balaban J connectivity index is 2.21. The lowest BCUT2D eigenvalue weighted by Crippen LogP contribution is -2.39. The van der Waals surface area contributed by atoms with E-state index in [1.165, 1.54) is 0 Å². The van der Waals surface area contributed by atoms with E-state index in [-0.39, 0.29) is 5.91 Å². The molecule has 1 aliphatic carbocycles. The third-order valence-corrected chi connectivity index (χ3v) is 2.86. The number of nitrogens with two attached hydrogens (primary N) is 1. The van der Waals surface area contributed by atoms with Crippen molar-refractivity contribution in [3.63, 3.8) is 0 Å². The molecule has 3 N–H and O–H groups in total. The van der Waals surface area contributed by atoms with Crippen molar-refractivity contribution in [2.24, 2.45) is 5.73 Å². The summed E-state index contributed by atoms with van der Waals surface area (Å²) < 4.78 is 0. The predicted octanol–water partition coefficient (Wildman–Crippen LogP) is 0.490. The van der Waals surface area contributed by atoms with Crippen molar-refractivity contribution in [1.29, 1.82) is 0 Å². The first-order valence-corrected chi connectivity index (χ1v) is 5.95. The first-order valence-electron chi connectivity index (χ1n) is 5.95. The molecule has 0 spiro atoms. The van der Waals surface area contributed by atoms with Crippen LogP contribution in [0.2, 0.25) is 0 Å². The second kappa shape index (κ2) is 6.66. The number of nitrogens with zero attached hydrogens (tertiary/aromatic N) is 1. The number of likely N-dealkylation sites (N-methyl/N-ethyl adjacent to an activating group) is 1. The molecule has 0 heterocycles. The number of carbonyl (C=O) groups is 1. The molecule has 4 heteroatoms. The van der Waals surface area contributed by atoms with Crippen molar-refractivity contribution in [2.45, 2.75) is 37.8 Å². The molecule has 0 aromatic heterocycles. The van der Waals surface area contributed by atoms with E-state index in [1.807, 2.05) is 25.1 Å². The van der Waals surface area contributed by atoms with E-state index in [4.69, 9.17) is 5.73 Å². The molecule has 0 unspecified atom stereocenters. The van der Waals surface area contributed by atoms with Gasteiger partial charge in [-0.1, -0.05) is 6.08 Å². The third kappa shape index (κ3) is 5.28. The summed E-state index contributed by atoms with van der Waals surface area (Å²) in [5, 5.41) is 3.01. The topological polar surface area (TPSA) is 58.4 Å². The number of rotatable bonds is 4. The van der Waals surface area contributed by atoms with Gasteiger partial charge in [-0.15, -0.1) is 0 Å². The van der Waals surface area contributed by atoms with Gasteiger partial charge in [-0.3, -0.25) is 4.79 Å². The predicted molar refractivity (Wildman–Crippen MR) is 66.1 cm³/mol. The third-order valence-electron chi connectivity index (χ3n) is 2.86. The number of carbonyl (C=O) groups excluding carboxylic acids is 1. The molecule has 0 bridgehead atoms. The zero-order valence-corrected chi connectivity index (χ0v) is 10.3. The van der Waals surface area contributed by atoms with Crippen LogP contribution >= 0.6 is 0 Å². The molecule has 4 nitrogen and oxygen atoms in total. The normalized spacial score (nSPS) is 26.2. The summed E-state index contributed by atoms with van der Waals surface area (Å²) in [6.07, 6.45) is 7.56. The van der Waals surface area contributed by atoms with Gasteiger partial charge < -0.3 is 16.0 Å². The van der Waals surface area contributed by atoms with Gasteiger partial charge in [0.25, 0.3) is 0 Å². The Morgan fingerprint density at radius 1 is 1.38 bits per heavy atom. The van der Waals surface area contributed by atoms with Crippen LogP contribution in [0.15, 0.2) is 12.2 Å². The number of nitrogens with one attached hydrogen (secondary N) is 1. The van der Waals surface area contributed by atoms with Crippen LogP contribution < -0.4 is 11.1 Å². The van der Waals surface area contributed by atoms with Crippen molar-refractivity contribution in [3.05, 3.63) is 12.2 Å². The number of amides is 1. The molecule has 1 fully saturated rings. The SMILES string of the molecule is CN(C)C/C=C/C(=O)NC1CCC(N)CC1. The average molecular weight is 225 g/mol. The van der Waals surface area contributed by atoms with E-state index in [9.17, 15) is 4.79 Å². The van der Waals surface area contributed by atoms with Crippen LogP contribution in [0.25, 0.3) is 0 Å². The standard InChI is InChI=1S/C12H23N3O/c1-15(2)9-3-4-12(16)14-11-7-5-10(13)6-8-11/h3-4,10-11H,5-9,13H2,1-2H3,(H,14,16)/b4-3+. The van der Waals surface area contributed by atoms with Crippen LogP contribution in [-0.2, 0) is 4.79 Å². The van der Waals surface area contributed by atoms with E-state index in [0.29, 0.717) is 12.1 Å². The van der Waals surface area contributed by atoms with Crippen LogP contribution in [0.4, 0.5) is 0 Å². The lowest BCUT2D eigenvalue weighted by Gasteiger charge is -2.26. The average Bonchev–Trinajstić information content (AvgIpc) is 2.21. The Labute approximate surface area is 97.9 Å². The second-order valence-corrected chi connectivity index (χ2v) is 4.78. The Kier molecular flexibility index (Phi) is 5.49. The fourth-order valence-corrected chi connectivity index (χ4v) is 1.88. The summed E-state index contributed by atoms with van der Waals surface area (Å²) in [5.41, 5.74) is 5.81. The summed E-state index contributed by atoms with van der Waals surface area (Å²) in [7, 11) is 3.95. The van der Waals surface area contributed by atoms with Gasteiger partial charge in [-0.05, 0) is 39.8 Å². The summed E-state index contributed by atoms with van der Waals surface area (Å²) in [6.45, 7) is 0.795. The summed E-state index contributed by atoms with van der Waals surface area (Å²) in [5.74, 6) is 0.0160. The highest BCUT2D eigenvalue weighted by molar-refractivity contribution is 5.87. The Bertz CT molecular complexity index is 243. The molecule has 0 aromatic carbocycles. The van der Waals surface area contributed by atoms with Crippen LogP contribution in [0.3, 0.4) is 0 Å². The van der Waals surface area contributed by atoms with Gasteiger partial charge in [0.05, 0.1) is 0 Å². The van der Waals surface area contributed by atoms with E-state index in [0.717, 1.165) is 32.2 Å². The molecule has 0 atom stereocenters. The van der Waals surface area contributed by atoms with Gasteiger partial charge in [0.15, 0.2) is 0 Å². The highest BCUT2D eigenvalue weighted by atomic mass is 16.1. The van der Waals surface area contributed by atoms with Crippen molar-refractivity contribution < 1.29 is 4.79 Å². The van der Waals surface area contributed by atoms with E-state index < -0.39 is 0 Å². The van der Waals surface area contributed by atoms with Gasteiger partial charge in [0.2, 0.25) is 5.91 Å². The first-order chi connectivity index (χ1) is 7.58. The molecule has 16 heavy (non-hydrogen) atoms. The summed E-state index contributed by atoms with van der Waals surface area (Å²) >= 11 is 0. The van der Waals surface area contributed by atoms with Gasteiger partial charge in [0, 0.05) is 24.7 Å². The smallest absolute Gasteiger partial charge is 0.243 e. The van der Waals surface area contributed by atoms with Crippen molar-refractivity contribution in [1.82, 2.24) is 10.2 Å². The van der Waals surface area contributed by atoms with Gasteiger partial charge in [-0.25, -0.2) is 0 Å². The Morgan fingerprint density at radius 3 is 2.56 bits per heavy atom. The van der Waals surface area contributed by atoms with Crippen molar-refractivity contribution in [3.8, 4) is 0 Å². The Hall–Kier alpha value is -0.870. The summed E-state index contributed by atoms with van der Waals surface area (Å²) in [4.78, 5) is 13.5. The van der Waals surface area contributed by atoms with Crippen molar-refractivity contribution in [2.75, 3.05) is 20.6 Å². The minimum Gasteiger partial charge on any atom is -0.350 e. The lowest BCUT2D eigenvalue weighted by molar-refractivity contribution is -0.117. The monoisotopic (exact) mass is 225 g/mol. The zero-order chi connectivity index (χ0) is 12.0. The molecule has 0 saturated heterocycles. The van der Waals surface area contributed by atoms with Gasteiger partial charge in [0.1, 0.15) is 0 Å². The van der Waals surface area contributed by atoms with E-state index in [1.54, 1.807) is 6.08 Å². The molecule has 92 valence electrons. The van der Waals surface area contributed by atoms with Crippen LogP contribution in [0, 0.1) is 0 Å². The fourth-order valence-electron chi connectivity index (χ4n) is 1.88. The first kappa shape index (κ1) is 13.2. The quantitative estimate of drug-likeness (QED) is 0.685. The minimum atomic E-state index is 0.0160. The molecule has 1 amide bonds. The fraction of sp³-hybridized carbons (Fsp3) is 0.750. The Morgan fingerprint density at radius 2 is 2.00 bits per heavy atom. The molecular formula is C12H23N3O. The van der Waals surface area contributed by atoms with Crippen molar-refractivity contribution >= 4 is 5.91 Å². The lowest BCUT2D eigenvalue weighted by atomic mass is 9.92. The molecule has 1 rings (SSSR count). The van der Waals surface area contributed by atoms with E-state index >= 15 is 0 Å². The molecule has 0 radical (unpaired) electrons. The number of hydrogen-bond donors (Lipinski definition) is 2. The second-order valence-electron chi connectivity index (χ2n) is 4.78. The van der Waals surface area contributed by atoms with Gasteiger partial charge in [-0.2, -0.15) is 0 Å². The molecule has 0 aromatic rings. The molecule has 1 aliphatic rings. The van der Waals surface area contributed by atoms with Gasteiger partial charge >= 0.3 is 0 Å². The minimum absolute atomic E-state index is 0.0160.